The molecule has 0 saturated heterocycles. The first-order valence-electron chi connectivity index (χ1n) is 6.65. The molecule has 0 saturated carbocycles. The number of rotatable bonds is 7. The van der Waals surface area contributed by atoms with Gasteiger partial charge in [0.1, 0.15) is 10.7 Å². The molecular weight excluding hydrogens is 242 g/mol. The number of aromatic nitrogens is 2. The van der Waals surface area contributed by atoms with E-state index in [2.05, 4.69) is 23.6 Å². The third-order valence-electron chi connectivity index (χ3n) is 2.96. The van der Waals surface area contributed by atoms with Crippen LogP contribution in [0.4, 0.5) is 0 Å². The van der Waals surface area contributed by atoms with Crippen LogP contribution < -0.4 is 5.73 Å². The molecule has 0 spiro atoms. The number of imidazole rings is 1. The van der Waals surface area contributed by atoms with E-state index in [0.29, 0.717) is 6.54 Å². The summed E-state index contributed by atoms with van der Waals surface area (Å²) in [4.78, 5) is 4.70. The van der Waals surface area contributed by atoms with E-state index >= 15 is 0 Å². The van der Waals surface area contributed by atoms with Crippen molar-refractivity contribution in [3.8, 4) is 0 Å². The van der Waals surface area contributed by atoms with Gasteiger partial charge in [0.05, 0.1) is 5.69 Å². The zero-order chi connectivity index (χ0) is 12.8. The zero-order valence-electron chi connectivity index (χ0n) is 10.9. The van der Waals surface area contributed by atoms with Gasteiger partial charge in [-0.15, -0.1) is 11.8 Å². The molecule has 0 amide bonds. The molecule has 18 heavy (non-hydrogen) atoms. The average molecular weight is 263 g/mol. The summed E-state index contributed by atoms with van der Waals surface area (Å²) in [6.07, 6.45) is 6.79. The lowest BCUT2D eigenvalue weighted by molar-refractivity contribution is 0.777. The molecule has 2 N–H and O–H groups in total. The van der Waals surface area contributed by atoms with E-state index in [-0.39, 0.29) is 0 Å². The molecular formula is C14H21N3S. The highest BCUT2D eigenvalue weighted by molar-refractivity contribution is 7.99. The highest BCUT2D eigenvalue weighted by atomic mass is 32.2. The number of fused-ring (bicyclic) bond motifs is 1. The molecule has 98 valence electrons. The fourth-order valence-corrected chi connectivity index (χ4v) is 3.09. The van der Waals surface area contributed by atoms with Gasteiger partial charge in [0.25, 0.3) is 0 Å². The molecule has 0 aliphatic carbocycles. The molecule has 4 heteroatoms. The predicted molar refractivity (Wildman–Crippen MR) is 78.2 cm³/mol. The summed E-state index contributed by atoms with van der Waals surface area (Å²) >= 11 is 1.87. The van der Waals surface area contributed by atoms with Crippen molar-refractivity contribution >= 4 is 17.4 Å². The lowest BCUT2D eigenvalue weighted by atomic mass is 10.3. The minimum absolute atomic E-state index is 0.672. The molecule has 2 aromatic heterocycles. The van der Waals surface area contributed by atoms with Crippen LogP contribution >= 0.6 is 11.8 Å². The summed E-state index contributed by atoms with van der Waals surface area (Å²) in [6.45, 7) is 2.90. The second-order valence-electron chi connectivity index (χ2n) is 4.39. The Morgan fingerprint density at radius 2 is 2.22 bits per heavy atom. The van der Waals surface area contributed by atoms with Crippen molar-refractivity contribution in [2.45, 2.75) is 37.6 Å². The van der Waals surface area contributed by atoms with Gasteiger partial charge in [-0.25, -0.2) is 4.98 Å². The Hall–Kier alpha value is -1.00. The van der Waals surface area contributed by atoms with Crippen molar-refractivity contribution in [2.24, 2.45) is 5.73 Å². The Balaban J connectivity index is 2.17. The van der Waals surface area contributed by atoms with E-state index < -0.39 is 0 Å². The molecule has 0 aromatic carbocycles. The summed E-state index contributed by atoms with van der Waals surface area (Å²) in [7, 11) is 0. The maximum Gasteiger partial charge on any atom is 0.138 e. The number of hydrogen-bond donors (Lipinski definition) is 1. The fraction of sp³-hybridized carbons (Fsp3) is 0.500. The van der Waals surface area contributed by atoms with Gasteiger partial charge >= 0.3 is 0 Å². The van der Waals surface area contributed by atoms with Crippen LogP contribution in [0.15, 0.2) is 29.4 Å². The van der Waals surface area contributed by atoms with Gasteiger partial charge in [0.15, 0.2) is 0 Å². The van der Waals surface area contributed by atoms with E-state index in [0.717, 1.165) is 22.8 Å². The van der Waals surface area contributed by atoms with Crippen molar-refractivity contribution in [1.29, 1.82) is 0 Å². The van der Waals surface area contributed by atoms with Crippen LogP contribution in [0.2, 0.25) is 0 Å². The maximum atomic E-state index is 5.71. The number of nitrogens with zero attached hydrogens (tertiary/aromatic N) is 2. The lowest BCUT2D eigenvalue weighted by Gasteiger charge is -2.03. The number of unbranched alkanes of at least 4 members (excludes halogenated alkanes) is 2. The van der Waals surface area contributed by atoms with Crippen molar-refractivity contribution in [3.63, 3.8) is 0 Å². The summed E-state index contributed by atoms with van der Waals surface area (Å²) in [5, 5.41) is 1.16. The minimum Gasteiger partial charge on any atom is -0.330 e. The van der Waals surface area contributed by atoms with Gasteiger partial charge in [0.2, 0.25) is 0 Å². The molecule has 0 unspecified atom stereocenters. The average Bonchev–Trinajstić information content (AvgIpc) is 2.74. The second kappa shape index (κ2) is 6.81. The Morgan fingerprint density at radius 1 is 1.33 bits per heavy atom. The smallest absolute Gasteiger partial charge is 0.138 e. The highest BCUT2D eigenvalue weighted by Gasteiger charge is 2.11. The molecule has 0 atom stereocenters. The largest absolute Gasteiger partial charge is 0.330 e. The molecule has 2 heterocycles. The summed E-state index contributed by atoms with van der Waals surface area (Å²) in [5.41, 5.74) is 7.99. The SMILES string of the molecule is CCCCCSc1nc2ccccn2c1CCN. The second-order valence-corrected chi connectivity index (χ2v) is 5.47. The van der Waals surface area contributed by atoms with Crippen LogP contribution in [0.5, 0.6) is 0 Å². The topological polar surface area (TPSA) is 43.3 Å². The van der Waals surface area contributed by atoms with E-state index in [1.807, 2.05) is 23.9 Å². The number of hydrogen-bond acceptors (Lipinski definition) is 3. The van der Waals surface area contributed by atoms with Gasteiger partial charge in [0, 0.05) is 12.6 Å². The van der Waals surface area contributed by atoms with E-state index in [4.69, 9.17) is 10.7 Å². The van der Waals surface area contributed by atoms with Crippen molar-refractivity contribution in [3.05, 3.63) is 30.1 Å². The summed E-state index contributed by atoms with van der Waals surface area (Å²) < 4.78 is 2.16. The minimum atomic E-state index is 0.672. The lowest BCUT2D eigenvalue weighted by Crippen LogP contribution is -2.06. The van der Waals surface area contributed by atoms with Crippen LogP contribution in [0, 0.1) is 0 Å². The monoisotopic (exact) mass is 263 g/mol. The summed E-state index contributed by atoms with van der Waals surface area (Å²) in [6, 6.07) is 6.12. The maximum absolute atomic E-state index is 5.71. The first-order chi connectivity index (χ1) is 8.86. The molecule has 0 aliphatic heterocycles. The van der Waals surface area contributed by atoms with Crippen molar-refractivity contribution in [2.75, 3.05) is 12.3 Å². The van der Waals surface area contributed by atoms with Gasteiger partial charge in [-0.1, -0.05) is 25.8 Å². The number of thioether (sulfide) groups is 1. The Kier molecular flexibility index (Phi) is 5.08. The van der Waals surface area contributed by atoms with E-state index in [1.54, 1.807) is 0 Å². The molecule has 0 fully saturated rings. The van der Waals surface area contributed by atoms with Gasteiger partial charge in [-0.2, -0.15) is 0 Å². The van der Waals surface area contributed by atoms with Gasteiger partial charge < -0.3 is 10.1 Å². The van der Waals surface area contributed by atoms with E-state index in [9.17, 15) is 0 Å². The Labute approximate surface area is 113 Å². The quantitative estimate of drug-likeness (QED) is 0.616. The predicted octanol–water partition coefficient (Wildman–Crippen LogP) is 3.12. The highest BCUT2D eigenvalue weighted by Crippen LogP contribution is 2.24. The third kappa shape index (κ3) is 3.06. The standard InChI is InChI=1S/C14H21N3S/c1-2-3-6-11-18-14-12(8-9-15)17-10-5-4-7-13(17)16-14/h4-5,7,10H,2-3,6,8-9,11,15H2,1H3. The molecule has 2 rings (SSSR count). The molecule has 3 nitrogen and oxygen atoms in total. The Bertz CT molecular complexity index is 493. The normalized spacial score (nSPS) is 11.2. The van der Waals surface area contributed by atoms with Crippen molar-refractivity contribution in [1.82, 2.24) is 9.38 Å². The van der Waals surface area contributed by atoms with Crippen LogP contribution in [-0.2, 0) is 6.42 Å². The number of pyridine rings is 1. The molecule has 0 bridgehead atoms. The van der Waals surface area contributed by atoms with Gasteiger partial charge in [-0.05, 0) is 30.9 Å². The summed E-state index contributed by atoms with van der Waals surface area (Å²) in [5.74, 6) is 1.15. The first kappa shape index (κ1) is 13.4. The van der Waals surface area contributed by atoms with Gasteiger partial charge in [-0.3, -0.25) is 0 Å². The molecule has 0 aliphatic rings. The fourth-order valence-electron chi connectivity index (χ4n) is 2.03. The molecule has 0 radical (unpaired) electrons. The van der Waals surface area contributed by atoms with Crippen LogP contribution in [0.25, 0.3) is 5.65 Å². The van der Waals surface area contributed by atoms with Crippen LogP contribution in [0.3, 0.4) is 0 Å². The van der Waals surface area contributed by atoms with Crippen molar-refractivity contribution < 1.29 is 0 Å². The van der Waals surface area contributed by atoms with E-state index in [1.165, 1.54) is 25.0 Å². The zero-order valence-corrected chi connectivity index (χ0v) is 11.7. The number of nitrogens with two attached hydrogens (primary N) is 1. The first-order valence-corrected chi connectivity index (χ1v) is 7.64. The van der Waals surface area contributed by atoms with Crippen LogP contribution in [-0.4, -0.2) is 21.7 Å². The van der Waals surface area contributed by atoms with Crippen LogP contribution in [0.1, 0.15) is 31.9 Å². The Morgan fingerprint density at radius 3 is 3.00 bits per heavy atom. The third-order valence-corrected chi connectivity index (χ3v) is 4.05. The molecule has 2 aromatic rings.